The van der Waals surface area contributed by atoms with Crippen LogP contribution in [0.5, 0.6) is 0 Å². The maximum Gasteiger partial charge on any atom is 0.221 e. The number of fused-ring (bicyclic) bond motifs is 1. The first-order valence-corrected chi connectivity index (χ1v) is 6.26. The van der Waals surface area contributed by atoms with E-state index in [4.69, 9.17) is 5.73 Å². The first-order chi connectivity index (χ1) is 8.83. The van der Waals surface area contributed by atoms with Gasteiger partial charge in [0, 0.05) is 11.6 Å². The topological polar surface area (TPSA) is 64.7 Å². The molecular weight excluding hydrogens is 244 g/mol. The number of anilines is 1. The summed E-state index contributed by atoms with van der Waals surface area (Å²) in [7, 11) is 0. The smallest absolute Gasteiger partial charge is 0.221 e. The third-order valence-corrected chi connectivity index (χ3v) is 3.38. The molecule has 18 heavy (non-hydrogen) atoms. The minimum Gasteiger partial charge on any atom is -0.368 e. The summed E-state index contributed by atoms with van der Waals surface area (Å²) in [5, 5.41) is 2.71. The van der Waals surface area contributed by atoms with Crippen LogP contribution in [-0.2, 0) is 0 Å². The highest BCUT2D eigenvalue weighted by atomic mass is 32.2. The Labute approximate surface area is 108 Å². The molecule has 4 nitrogen and oxygen atoms in total. The van der Waals surface area contributed by atoms with Crippen molar-refractivity contribution in [3.8, 4) is 0 Å². The molecule has 0 saturated carbocycles. The predicted molar refractivity (Wildman–Crippen MR) is 72.3 cm³/mol. The number of benzene rings is 1. The lowest BCUT2D eigenvalue weighted by molar-refractivity contribution is 1.09. The maximum absolute atomic E-state index is 5.72. The van der Waals surface area contributed by atoms with Gasteiger partial charge in [0.25, 0.3) is 0 Å². The van der Waals surface area contributed by atoms with Gasteiger partial charge in [-0.3, -0.25) is 0 Å². The Hall–Kier alpha value is -2.14. The zero-order valence-corrected chi connectivity index (χ0v) is 10.3. The van der Waals surface area contributed by atoms with E-state index in [-0.39, 0.29) is 5.95 Å². The molecule has 0 radical (unpaired) electrons. The van der Waals surface area contributed by atoms with Crippen molar-refractivity contribution in [1.29, 1.82) is 0 Å². The van der Waals surface area contributed by atoms with Gasteiger partial charge >= 0.3 is 0 Å². The summed E-state index contributed by atoms with van der Waals surface area (Å²) in [6, 6.07) is 13.6. The monoisotopic (exact) mass is 254 g/mol. The number of rotatable bonds is 2. The van der Waals surface area contributed by atoms with Crippen LogP contribution in [0.25, 0.3) is 10.9 Å². The van der Waals surface area contributed by atoms with Gasteiger partial charge in [-0.15, -0.1) is 0 Å². The number of hydrogen-bond donors (Lipinski definition) is 1. The molecule has 2 N–H and O–H groups in total. The Bertz CT molecular complexity index is 685. The average molecular weight is 254 g/mol. The van der Waals surface area contributed by atoms with Crippen molar-refractivity contribution < 1.29 is 0 Å². The van der Waals surface area contributed by atoms with Gasteiger partial charge in [0.2, 0.25) is 5.95 Å². The number of pyridine rings is 1. The fourth-order valence-electron chi connectivity index (χ4n) is 1.65. The quantitative estimate of drug-likeness (QED) is 0.712. The number of nitrogen functional groups attached to an aromatic ring is 1. The van der Waals surface area contributed by atoms with Gasteiger partial charge in [-0.25, -0.2) is 15.0 Å². The van der Waals surface area contributed by atoms with Gasteiger partial charge in [-0.1, -0.05) is 24.3 Å². The molecule has 88 valence electrons. The van der Waals surface area contributed by atoms with E-state index in [9.17, 15) is 0 Å². The molecule has 0 aliphatic heterocycles. The minimum absolute atomic E-state index is 0.284. The van der Waals surface area contributed by atoms with Crippen molar-refractivity contribution >= 4 is 28.6 Å². The number of aromatic nitrogens is 3. The number of nitrogens with zero attached hydrogens (tertiary/aromatic N) is 3. The van der Waals surface area contributed by atoms with Crippen molar-refractivity contribution in [2.75, 3.05) is 5.73 Å². The molecule has 0 bridgehead atoms. The van der Waals surface area contributed by atoms with Crippen molar-refractivity contribution in [3.05, 3.63) is 48.7 Å². The SMILES string of the molecule is Nc1nc(Sc2ccccn2)c2ccccc2n1. The number of nitrogens with two attached hydrogens (primary N) is 1. The lowest BCUT2D eigenvalue weighted by atomic mass is 10.2. The third kappa shape index (κ3) is 2.12. The summed E-state index contributed by atoms with van der Waals surface area (Å²) in [5.41, 5.74) is 6.57. The summed E-state index contributed by atoms with van der Waals surface area (Å²) in [6.45, 7) is 0. The molecule has 3 rings (SSSR count). The first kappa shape index (κ1) is 11.0. The molecule has 0 saturated heterocycles. The number of hydrogen-bond acceptors (Lipinski definition) is 5. The van der Waals surface area contributed by atoms with Gasteiger partial charge in [0.05, 0.1) is 5.52 Å². The van der Waals surface area contributed by atoms with E-state index in [2.05, 4.69) is 15.0 Å². The van der Waals surface area contributed by atoms with Gasteiger partial charge in [-0.2, -0.15) is 0 Å². The van der Waals surface area contributed by atoms with E-state index < -0.39 is 0 Å². The molecule has 2 aromatic heterocycles. The van der Waals surface area contributed by atoms with E-state index in [0.717, 1.165) is 21.0 Å². The van der Waals surface area contributed by atoms with Crippen LogP contribution in [0, 0.1) is 0 Å². The molecule has 5 heteroatoms. The Morgan fingerprint density at radius 2 is 1.78 bits per heavy atom. The van der Waals surface area contributed by atoms with Crippen LogP contribution < -0.4 is 5.73 Å². The highest BCUT2D eigenvalue weighted by molar-refractivity contribution is 7.99. The summed E-state index contributed by atoms with van der Waals surface area (Å²) in [4.78, 5) is 12.8. The summed E-state index contributed by atoms with van der Waals surface area (Å²) < 4.78 is 0. The first-order valence-electron chi connectivity index (χ1n) is 5.44. The van der Waals surface area contributed by atoms with E-state index in [1.165, 1.54) is 11.8 Å². The Morgan fingerprint density at radius 1 is 0.944 bits per heavy atom. The van der Waals surface area contributed by atoms with E-state index in [1.54, 1.807) is 6.20 Å². The lowest BCUT2D eigenvalue weighted by Gasteiger charge is -2.05. The predicted octanol–water partition coefficient (Wildman–Crippen LogP) is 2.76. The Balaban J connectivity index is 2.11. The van der Waals surface area contributed by atoms with Crippen LogP contribution in [0.3, 0.4) is 0 Å². The molecular formula is C13H10N4S. The minimum atomic E-state index is 0.284. The van der Waals surface area contributed by atoms with Gasteiger partial charge in [-0.05, 0) is 30.0 Å². The van der Waals surface area contributed by atoms with Crippen molar-refractivity contribution in [2.24, 2.45) is 0 Å². The summed E-state index contributed by atoms with van der Waals surface area (Å²) in [5.74, 6) is 0.284. The van der Waals surface area contributed by atoms with Crippen LogP contribution in [0.1, 0.15) is 0 Å². The zero-order chi connectivity index (χ0) is 12.4. The number of para-hydroxylation sites is 1. The molecule has 1 aromatic carbocycles. The normalized spacial score (nSPS) is 10.7. The average Bonchev–Trinajstić information content (AvgIpc) is 2.40. The fraction of sp³-hybridized carbons (Fsp3) is 0. The van der Waals surface area contributed by atoms with Crippen molar-refractivity contribution in [1.82, 2.24) is 15.0 Å². The Morgan fingerprint density at radius 3 is 2.61 bits per heavy atom. The van der Waals surface area contributed by atoms with Crippen molar-refractivity contribution in [3.63, 3.8) is 0 Å². The second-order valence-corrected chi connectivity index (χ2v) is 4.68. The summed E-state index contributed by atoms with van der Waals surface area (Å²) in [6.07, 6.45) is 1.76. The van der Waals surface area contributed by atoms with Crippen LogP contribution in [0.2, 0.25) is 0 Å². The highest BCUT2D eigenvalue weighted by Gasteiger charge is 2.07. The van der Waals surface area contributed by atoms with E-state index in [1.807, 2.05) is 42.5 Å². The van der Waals surface area contributed by atoms with E-state index >= 15 is 0 Å². The van der Waals surface area contributed by atoms with Crippen LogP contribution in [0.4, 0.5) is 5.95 Å². The lowest BCUT2D eigenvalue weighted by Crippen LogP contribution is -1.97. The molecule has 0 amide bonds. The molecule has 0 unspecified atom stereocenters. The molecule has 3 aromatic rings. The van der Waals surface area contributed by atoms with Gasteiger partial charge < -0.3 is 5.73 Å². The van der Waals surface area contributed by atoms with Gasteiger partial charge in [0.15, 0.2) is 0 Å². The van der Waals surface area contributed by atoms with Crippen molar-refractivity contribution in [2.45, 2.75) is 10.1 Å². The molecule has 0 fully saturated rings. The van der Waals surface area contributed by atoms with Gasteiger partial charge in [0.1, 0.15) is 10.1 Å². The molecule has 0 aliphatic rings. The second-order valence-electron chi connectivity index (χ2n) is 3.67. The molecule has 0 atom stereocenters. The van der Waals surface area contributed by atoms with Crippen LogP contribution in [0.15, 0.2) is 58.7 Å². The largest absolute Gasteiger partial charge is 0.368 e. The zero-order valence-electron chi connectivity index (χ0n) is 9.45. The summed E-state index contributed by atoms with van der Waals surface area (Å²) >= 11 is 1.49. The second kappa shape index (κ2) is 4.62. The molecule has 0 aliphatic carbocycles. The Kier molecular flexibility index (Phi) is 2.82. The van der Waals surface area contributed by atoms with Crippen LogP contribution >= 0.6 is 11.8 Å². The molecule has 0 spiro atoms. The highest BCUT2D eigenvalue weighted by Crippen LogP contribution is 2.30. The standard InChI is InChI=1S/C13H10N4S/c14-13-16-10-6-2-1-5-9(10)12(17-13)18-11-7-3-4-8-15-11/h1-8H,(H2,14,16,17). The van der Waals surface area contributed by atoms with E-state index in [0.29, 0.717) is 0 Å². The maximum atomic E-state index is 5.72. The fourth-order valence-corrected chi connectivity index (χ4v) is 2.53. The third-order valence-electron chi connectivity index (χ3n) is 2.42. The van der Waals surface area contributed by atoms with Crippen LogP contribution in [-0.4, -0.2) is 15.0 Å². The molecule has 2 heterocycles.